The average molecular weight is 538 g/mol. The smallest absolute Gasteiger partial charge is 0.376 e. The molecule has 4 nitrogen and oxygen atoms in total. The van der Waals surface area contributed by atoms with Crippen LogP contribution in [0.15, 0.2) is 72.8 Å². The van der Waals surface area contributed by atoms with Gasteiger partial charge in [0.15, 0.2) is 0 Å². The maximum absolute atomic E-state index is 12.7. The standard InChI is InChI=1S/C30H26F3NO3S/c31-30(32,33)38(35,36)37-27-11-9-26(10-12-27)29-16-21-13-22(17-29)15-28(14-21,19-29)25-7-5-24(6-8-25)23-3-1-20(18-34)2-4-23/h1-12,21-22H,13-17,19H2. The van der Waals surface area contributed by atoms with Crippen LogP contribution < -0.4 is 4.18 Å². The summed E-state index contributed by atoms with van der Waals surface area (Å²) in [5, 5.41) is 9.06. The van der Waals surface area contributed by atoms with Crippen LogP contribution in [0, 0.1) is 23.2 Å². The van der Waals surface area contributed by atoms with Gasteiger partial charge < -0.3 is 4.18 Å². The predicted octanol–water partition coefficient (Wildman–Crippen LogP) is 7.24. The number of rotatable bonds is 5. The summed E-state index contributed by atoms with van der Waals surface area (Å²) in [6.45, 7) is 0. The molecule has 4 aliphatic rings. The Balaban J connectivity index is 1.28. The second-order valence-corrected chi connectivity index (χ2v) is 12.8. The maximum atomic E-state index is 12.7. The zero-order valence-electron chi connectivity index (χ0n) is 20.5. The first-order valence-electron chi connectivity index (χ1n) is 12.7. The molecule has 0 N–H and O–H groups in total. The molecule has 196 valence electrons. The summed E-state index contributed by atoms with van der Waals surface area (Å²) in [6.07, 6.45) is 6.51. The lowest BCUT2D eigenvalue weighted by Gasteiger charge is -2.62. The Hall–Kier alpha value is -3.31. The molecule has 3 aromatic rings. The number of hydrogen-bond acceptors (Lipinski definition) is 4. The molecule has 2 unspecified atom stereocenters. The van der Waals surface area contributed by atoms with Crippen LogP contribution in [0.5, 0.6) is 5.75 Å². The molecule has 0 aliphatic heterocycles. The Morgan fingerprint density at radius 1 is 0.763 bits per heavy atom. The molecular formula is C30H26F3NO3S. The van der Waals surface area contributed by atoms with Crippen LogP contribution in [0.3, 0.4) is 0 Å². The van der Waals surface area contributed by atoms with Crippen molar-refractivity contribution in [3.8, 4) is 22.9 Å². The van der Waals surface area contributed by atoms with Gasteiger partial charge in [-0.1, -0.05) is 48.5 Å². The highest BCUT2D eigenvalue weighted by molar-refractivity contribution is 7.88. The first kappa shape index (κ1) is 25.0. The number of alkyl halides is 3. The van der Waals surface area contributed by atoms with Gasteiger partial charge in [-0.2, -0.15) is 26.9 Å². The molecule has 3 aromatic carbocycles. The van der Waals surface area contributed by atoms with E-state index in [1.165, 1.54) is 24.1 Å². The Kier molecular flexibility index (Phi) is 5.66. The van der Waals surface area contributed by atoms with E-state index in [-0.39, 0.29) is 16.6 Å². The molecule has 4 bridgehead atoms. The monoisotopic (exact) mass is 537 g/mol. The van der Waals surface area contributed by atoms with Crippen molar-refractivity contribution in [2.45, 2.75) is 54.9 Å². The summed E-state index contributed by atoms with van der Waals surface area (Å²) >= 11 is 0. The molecule has 0 radical (unpaired) electrons. The fourth-order valence-electron chi connectivity index (χ4n) is 7.73. The van der Waals surface area contributed by atoms with Gasteiger partial charge in [0.1, 0.15) is 5.75 Å². The summed E-state index contributed by atoms with van der Waals surface area (Å²) in [5.74, 6) is 0.830. The van der Waals surface area contributed by atoms with Crippen molar-refractivity contribution >= 4 is 10.1 Å². The highest BCUT2D eigenvalue weighted by Gasteiger charge is 2.58. The van der Waals surface area contributed by atoms with Crippen LogP contribution in [0.4, 0.5) is 13.2 Å². The quantitative estimate of drug-likeness (QED) is 0.254. The molecule has 4 saturated carbocycles. The van der Waals surface area contributed by atoms with E-state index in [2.05, 4.69) is 34.5 Å². The van der Waals surface area contributed by atoms with Crippen molar-refractivity contribution in [3.63, 3.8) is 0 Å². The van der Waals surface area contributed by atoms with Crippen molar-refractivity contribution in [1.29, 1.82) is 5.26 Å². The lowest BCUT2D eigenvalue weighted by molar-refractivity contribution is -0.0500. The SMILES string of the molecule is N#Cc1ccc(-c2ccc(C34CC5CC(CC(c6ccc(OS(=O)(=O)C(F)(F)F)cc6)(C5)C3)C4)cc2)cc1. The van der Waals surface area contributed by atoms with Gasteiger partial charge in [0.05, 0.1) is 11.6 Å². The van der Waals surface area contributed by atoms with E-state index < -0.39 is 15.6 Å². The highest BCUT2D eigenvalue weighted by atomic mass is 32.2. The summed E-state index contributed by atoms with van der Waals surface area (Å²) in [6, 6.07) is 24.6. The zero-order valence-corrected chi connectivity index (χ0v) is 21.4. The van der Waals surface area contributed by atoms with E-state index in [0.29, 0.717) is 17.4 Å². The van der Waals surface area contributed by atoms with Gasteiger partial charge in [0.2, 0.25) is 0 Å². The first-order chi connectivity index (χ1) is 18.0. The summed E-state index contributed by atoms with van der Waals surface area (Å²) in [7, 11) is -5.70. The Morgan fingerprint density at radius 3 is 1.66 bits per heavy atom. The van der Waals surface area contributed by atoms with E-state index in [0.717, 1.165) is 48.8 Å². The maximum Gasteiger partial charge on any atom is 0.534 e. The zero-order chi connectivity index (χ0) is 26.8. The molecule has 2 atom stereocenters. The molecule has 8 heteroatoms. The molecule has 38 heavy (non-hydrogen) atoms. The van der Waals surface area contributed by atoms with Crippen LogP contribution in [-0.4, -0.2) is 13.9 Å². The highest BCUT2D eigenvalue weighted by Crippen LogP contribution is 2.66. The van der Waals surface area contributed by atoms with E-state index in [9.17, 15) is 21.6 Å². The van der Waals surface area contributed by atoms with Gasteiger partial charge in [0, 0.05) is 0 Å². The number of nitrogens with zero attached hydrogens (tertiary/aromatic N) is 1. The van der Waals surface area contributed by atoms with E-state index in [1.807, 2.05) is 24.3 Å². The van der Waals surface area contributed by atoms with Gasteiger partial charge in [-0.25, -0.2) is 0 Å². The Labute approximate surface area is 220 Å². The number of hydrogen-bond donors (Lipinski definition) is 0. The minimum atomic E-state index is -5.70. The number of nitriles is 1. The summed E-state index contributed by atoms with van der Waals surface area (Å²) in [4.78, 5) is 0. The van der Waals surface area contributed by atoms with E-state index >= 15 is 0 Å². The van der Waals surface area contributed by atoms with Gasteiger partial charge in [0.25, 0.3) is 0 Å². The van der Waals surface area contributed by atoms with Crippen molar-refractivity contribution < 1.29 is 25.8 Å². The van der Waals surface area contributed by atoms with Gasteiger partial charge in [-0.05, 0) is 108 Å². The second-order valence-electron chi connectivity index (χ2n) is 11.3. The summed E-state index contributed by atoms with van der Waals surface area (Å²) in [5.41, 5.74) is -0.348. The number of halogens is 3. The largest absolute Gasteiger partial charge is 0.534 e. The summed E-state index contributed by atoms with van der Waals surface area (Å²) < 4.78 is 65.3. The third kappa shape index (κ3) is 4.17. The molecule has 0 heterocycles. The first-order valence-corrected chi connectivity index (χ1v) is 14.1. The normalized spacial score (nSPS) is 28.2. The topological polar surface area (TPSA) is 67.2 Å². The van der Waals surface area contributed by atoms with Crippen molar-refractivity contribution in [2.75, 3.05) is 0 Å². The fourth-order valence-corrected chi connectivity index (χ4v) is 8.19. The van der Waals surface area contributed by atoms with E-state index in [4.69, 9.17) is 5.26 Å². The van der Waals surface area contributed by atoms with Crippen molar-refractivity contribution in [1.82, 2.24) is 0 Å². The predicted molar refractivity (Wildman–Crippen MR) is 137 cm³/mol. The van der Waals surface area contributed by atoms with Crippen molar-refractivity contribution in [3.05, 3.63) is 89.5 Å². The van der Waals surface area contributed by atoms with Gasteiger partial charge in [-0.15, -0.1) is 0 Å². The molecule has 0 aromatic heterocycles. The lowest BCUT2D eigenvalue weighted by atomic mass is 9.42. The van der Waals surface area contributed by atoms with Crippen LogP contribution in [0.2, 0.25) is 0 Å². The number of benzene rings is 3. The van der Waals surface area contributed by atoms with Crippen LogP contribution in [0.25, 0.3) is 11.1 Å². The minimum absolute atomic E-state index is 0.0437. The van der Waals surface area contributed by atoms with Gasteiger partial charge >= 0.3 is 15.6 Å². The Morgan fingerprint density at radius 2 is 1.21 bits per heavy atom. The fraction of sp³-hybridized carbons (Fsp3) is 0.367. The van der Waals surface area contributed by atoms with Gasteiger partial charge in [-0.3, -0.25) is 0 Å². The average Bonchev–Trinajstić information content (AvgIpc) is 2.88. The molecule has 0 spiro atoms. The third-order valence-electron chi connectivity index (χ3n) is 8.86. The molecule has 0 amide bonds. The molecule has 4 fully saturated rings. The van der Waals surface area contributed by atoms with E-state index in [1.54, 1.807) is 12.1 Å². The second kappa shape index (κ2) is 8.60. The molecule has 4 aliphatic carbocycles. The van der Waals surface area contributed by atoms with Crippen molar-refractivity contribution in [2.24, 2.45) is 11.8 Å². The molecule has 7 rings (SSSR count). The van der Waals surface area contributed by atoms with Crippen LogP contribution >= 0.6 is 0 Å². The lowest BCUT2D eigenvalue weighted by Crippen LogP contribution is -2.55. The molecule has 0 saturated heterocycles. The van der Waals surface area contributed by atoms with Crippen LogP contribution in [-0.2, 0) is 20.9 Å². The molecular weight excluding hydrogens is 511 g/mol. The Bertz CT molecular complexity index is 1490. The third-order valence-corrected chi connectivity index (χ3v) is 9.84. The van der Waals surface area contributed by atoms with Crippen LogP contribution in [0.1, 0.15) is 55.2 Å². The minimum Gasteiger partial charge on any atom is -0.376 e.